The van der Waals surface area contributed by atoms with Gasteiger partial charge >= 0.3 is 0 Å². The van der Waals surface area contributed by atoms with Gasteiger partial charge in [0.1, 0.15) is 12.2 Å². The third-order valence-electron chi connectivity index (χ3n) is 3.35. The Labute approximate surface area is 110 Å². The van der Waals surface area contributed by atoms with E-state index < -0.39 is 0 Å². The molecular weight excluding hydrogens is 228 g/mol. The fraction of sp³-hybridized carbons (Fsp3) is 0.846. The van der Waals surface area contributed by atoms with Crippen LogP contribution < -0.4 is 5.32 Å². The average Bonchev–Trinajstić information content (AvgIpc) is 2.73. The topological polar surface area (TPSA) is 63.0 Å². The van der Waals surface area contributed by atoms with E-state index >= 15 is 0 Å². The van der Waals surface area contributed by atoms with E-state index in [-0.39, 0.29) is 12.1 Å². The Bertz CT molecular complexity index is 351. The summed E-state index contributed by atoms with van der Waals surface area (Å²) in [5.41, 5.74) is -0.0383. The van der Waals surface area contributed by atoms with Crippen LogP contribution in [-0.4, -0.2) is 32.0 Å². The van der Waals surface area contributed by atoms with Crippen molar-refractivity contribution in [3.63, 3.8) is 0 Å². The first-order valence-corrected chi connectivity index (χ1v) is 6.73. The van der Waals surface area contributed by atoms with Crippen molar-refractivity contribution in [1.29, 1.82) is 0 Å². The normalized spacial score (nSPS) is 15.0. The number of aliphatic hydroxyl groups excluding tert-OH is 1. The second-order valence-electron chi connectivity index (χ2n) is 5.49. The van der Waals surface area contributed by atoms with E-state index in [4.69, 9.17) is 5.11 Å². The van der Waals surface area contributed by atoms with Gasteiger partial charge in [0, 0.05) is 18.7 Å². The second-order valence-corrected chi connectivity index (χ2v) is 5.49. The third kappa shape index (κ3) is 4.38. The maximum Gasteiger partial charge on any atom is 0.140 e. The zero-order valence-corrected chi connectivity index (χ0v) is 12.0. The van der Waals surface area contributed by atoms with Gasteiger partial charge in [-0.2, -0.15) is 5.10 Å². The lowest BCUT2D eigenvalue weighted by Crippen LogP contribution is -2.42. The molecule has 1 rings (SSSR count). The molecule has 1 unspecified atom stereocenters. The summed E-state index contributed by atoms with van der Waals surface area (Å²) in [7, 11) is 0. The molecule has 1 aromatic heterocycles. The molecule has 5 heteroatoms. The number of hydrogen-bond donors (Lipinski definition) is 2. The Kier molecular flexibility index (Phi) is 5.75. The van der Waals surface area contributed by atoms with Crippen LogP contribution in [0.1, 0.15) is 46.4 Å². The minimum Gasteiger partial charge on any atom is -0.396 e. The van der Waals surface area contributed by atoms with Crippen LogP contribution in [0.15, 0.2) is 6.33 Å². The molecule has 0 aliphatic heterocycles. The molecular formula is C13H26N4O. The Morgan fingerprint density at radius 2 is 2.22 bits per heavy atom. The summed E-state index contributed by atoms with van der Waals surface area (Å²) in [5, 5.41) is 16.8. The number of nitrogens with one attached hydrogen (secondary N) is 1. The van der Waals surface area contributed by atoms with E-state index in [0.717, 1.165) is 25.2 Å². The summed E-state index contributed by atoms with van der Waals surface area (Å²) >= 11 is 0. The minimum absolute atomic E-state index is 0.0383. The van der Waals surface area contributed by atoms with Crippen molar-refractivity contribution >= 4 is 0 Å². The molecule has 5 nitrogen and oxygen atoms in total. The van der Waals surface area contributed by atoms with E-state index in [9.17, 15) is 0 Å². The van der Waals surface area contributed by atoms with Gasteiger partial charge in [0.25, 0.3) is 0 Å². The number of aliphatic hydroxyl groups is 1. The molecule has 0 fully saturated rings. The Morgan fingerprint density at radius 3 is 2.78 bits per heavy atom. The van der Waals surface area contributed by atoms with E-state index in [1.54, 1.807) is 6.33 Å². The summed E-state index contributed by atoms with van der Waals surface area (Å²) in [6, 6.07) is 0. The Balaban J connectivity index is 2.59. The van der Waals surface area contributed by atoms with Crippen molar-refractivity contribution in [3.8, 4) is 0 Å². The maximum absolute atomic E-state index is 9.09. The minimum atomic E-state index is -0.0383. The van der Waals surface area contributed by atoms with Crippen LogP contribution in [0.2, 0.25) is 0 Å². The predicted octanol–water partition coefficient (Wildman–Crippen LogP) is 1.57. The van der Waals surface area contributed by atoms with Gasteiger partial charge in [-0.15, -0.1) is 0 Å². The van der Waals surface area contributed by atoms with E-state index in [2.05, 4.69) is 43.1 Å². The molecule has 0 radical (unpaired) electrons. The van der Waals surface area contributed by atoms with E-state index in [1.807, 2.05) is 4.68 Å². The maximum atomic E-state index is 9.09. The SMILES string of the molecule is CCC(C)(CCO)NCc1ncnn1CC(C)C. The highest BCUT2D eigenvalue weighted by Gasteiger charge is 2.21. The molecule has 0 aromatic carbocycles. The molecule has 1 heterocycles. The van der Waals surface area contributed by atoms with Crippen LogP contribution in [0.4, 0.5) is 0 Å². The van der Waals surface area contributed by atoms with Crippen molar-refractivity contribution in [2.24, 2.45) is 5.92 Å². The molecule has 0 aliphatic rings. The fourth-order valence-electron chi connectivity index (χ4n) is 1.85. The van der Waals surface area contributed by atoms with Crippen molar-refractivity contribution in [1.82, 2.24) is 20.1 Å². The van der Waals surface area contributed by atoms with Crippen LogP contribution in [0.5, 0.6) is 0 Å². The summed E-state index contributed by atoms with van der Waals surface area (Å²) in [5.74, 6) is 1.52. The van der Waals surface area contributed by atoms with Crippen molar-refractivity contribution in [2.45, 2.75) is 59.2 Å². The second kappa shape index (κ2) is 6.85. The summed E-state index contributed by atoms with van der Waals surface area (Å²) in [6.07, 6.45) is 3.34. The lowest BCUT2D eigenvalue weighted by atomic mass is 9.95. The zero-order valence-electron chi connectivity index (χ0n) is 12.0. The summed E-state index contributed by atoms with van der Waals surface area (Å²) in [4.78, 5) is 4.29. The number of nitrogens with zero attached hydrogens (tertiary/aromatic N) is 3. The van der Waals surface area contributed by atoms with Gasteiger partial charge in [-0.25, -0.2) is 9.67 Å². The van der Waals surface area contributed by atoms with E-state index in [1.165, 1.54) is 0 Å². The van der Waals surface area contributed by atoms with Crippen LogP contribution >= 0.6 is 0 Å². The van der Waals surface area contributed by atoms with Gasteiger partial charge in [0.15, 0.2) is 0 Å². The molecule has 0 aliphatic carbocycles. The summed E-state index contributed by atoms with van der Waals surface area (Å²) in [6.45, 7) is 10.4. The molecule has 18 heavy (non-hydrogen) atoms. The van der Waals surface area contributed by atoms with Crippen LogP contribution in [0.3, 0.4) is 0 Å². The summed E-state index contributed by atoms with van der Waals surface area (Å²) < 4.78 is 1.95. The lowest BCUT2D eigenvalue weighted by molar-refractivity contribution is 0.212. The van der Waals surface area contributed by atoms with Gasteiger partial charge in [-0.05, 0) is 25.7 Å². The van der Waals surface area contributed by atoms with Crippen molar-refractivity contribution < 1.29 is 5.11 Å². The van der Waals surface area contributed by atoms with Crippen LogP contribution in [0, 0.1) is 5.92 Å². The van der Waals surface area contributed by atoms with Gasteiger partial charge in [-0.1, -0.05) is 20.8 Å². The number of rotatable bonds is 8. The predicted molar refractivity (Wildman–Crippen MR) is 72.1 cm³/mol. The highest BCUT2D eigenvalue weighted by Crippen LogP contribution is 2.14. The first-order valence-electron chi connectivity index (χ1n) is 6.73. The Hall–Kier alpha value is -0.940. The quantitative estimate of drug-likeness (QED) is 0.739. The highest BCUT2D eigenvalue weighted by atomic mass is 16.3. The van der Waals surface area contributed by atoms with Crippen molar-refractivity contribution in [3.05, 3.63) is 12.2 Å². The van der Waals surface area contributed by atoms with Crippen molar-refractivity contribution in [2.75, 3.05) is 6.61 Å². The first kappa shape index (κ1) is 15.1. The van der Waals surface area contributed by atoms with Gasteiger partial charge in [0.05, 0.1) is 6.54 Å². The average molecular weight is 254 g/mol. The molecule has 2 N–H and O–H groups in total. The molecule has 104 valence electrons. The molecule has 1 aromatic rings. The molecule has 0 bridgehead atoms. The molecule has 0 saturated carbocycles. The van der Waals surface area contributed by atoms with Gasteiger partial charge in [0.2, 0.25) is 0 Å². The smallest absolute Gasteiger partial charge is 0.140 e. The number of hydrogen-bond acceptors (Lipinski definition) is 4. The monoisotopic (exact) mass is 254 g/mol. The lowest BCUT2D eigenvalue weighted by Gasteiger charge is -2.29. The number of aromatic nitrogens is 3. The molecule has 1 atom stereocenters. The highest BCUT2D eigenvalue weighted by molar-refractivity contribution is 4.89. The van der Waals surface area contributed by atoms with Crippen LogP contribution in [-0.2, 0) is 13.1 Å². The van der Waals surface area contributed by atoms with Gasteiger partial charge in [-0.3, -0.25) is 0 Å². The zero-order chi connectivity index (χ0) is 13.6. The standard InChI is InChI=1S/C13H26N4O/c1-5-13(4,6-7-18)15-8-12-14-10-16-17(12)9-11(2)3/h10-11,15,18H,5-9H2,1-4H3. The molecule has 0 amide bonds. The van der Waals surface area contributed by atoms with Gasteiger partial charge < -0.3 is 10.4 Å². The Morgan fingerprint density at radius 1 is 1.50 bits per heavy atom. The molecule has 0 saturated heterocycles. The fourth-order valence-corrected chi connectivity index (χ4v) is 1.85. The van der Waals surface area contributed by atoms with E-state index in [0.29, 0.717) is 12.5 Å². The third-order valence-corrected chi connectivity index (χ3v) is 3.35. The van der Waals surface area contributed by atoms with Crippen LogP contribution in [0.25, 0.3) is 0 Å². The molecule has 0 spiro atoms. The largest absolute Gasteiger partial charge is 0.396 e. The first-order chi connectivity index (χ1) is 8.50.